The topological polar surface area (TPSA) is 39.6 Å². The molecule has 0 unspecified atom stereocenters. The molecule has 4 rings (SSSR count). The number of pyridine rings is 1. The van der Waals surface area contributed by atoms with Crippen molar-refractivity contribution in [1.82, 2.24) is 14.8 Å². The number of aliphatic hydroxyl groups is 1. The minimum atomic E-state index is 0.244. The van der Waals surface area contributed by atoms with Gasteiger partial charge in [0, 0.05) is 49.8 Å². The number of aromatic nitrogens is 1. The fourth-order valence-electron chi connectivity index (χ4n) is 4.34. The molecule has 1 fully saturated rings. The second kappa shape index (κ2) is 8.62. The Kier molecular flexibility index (Phi) is 5.95. The second-order valence-electron chi connectivity index (χ2n) is 8.44. The number of benzene rings is 2. The lowest BCUT2D eigenvalue weighted by Gasteiger charge is -2.39. The van der Waals surface area contributed by atoms with Crippen LogP contribution in [0.2, 0.25) is 0 Å². The predicted octanol–water partition coefficient (Wildman–Crippen LogP) is 4.02. The molecule has 1 atom stereocenters. The first-order valence-corrected chi connectivity index (χ1v) is 10.5. The van der Waals surface area contributed by atoms with E-state index in [9.17, 15) is 5.11 Å². The fraction of sp³-hybridized carbons (Fsp3) is 0.400. The number of fused-ring (bicyclic) bond motifs is 1. The van der Waals surface area contributed by atoms with Crippen LogP contribution in [-0.4, -0.2) is 59.2 Å². The third-order valence-corrected chi connectivity index (χ3v) is 6.06. The van der Waals surface area contributed by atoms with Crippen LogP contribution in [0.3, 0.4) is 0 Å². The molecular weight excluding hydrogens is 358 g/mol. The van der Waals surface area contributed by atoms with Crippen LogP contribution in [0.4, 0.5) is 0 Å². The summed E-state index contributed by atoms with van der Waals surface area (Å²) in [6.45, 7) is 8.43. The molecule has 2 heterocycles. The summed E-state index contributed by atoms with van der Waals surface area (Å²) in [6.07, 6.45) is 0.826. The first-order valence-electron chi connectivity index (χ1n) is 10.5. The van der Waals surface area contributed by atoms with Crippen molar-refractivity contribution in [2.75, 3.05) is 33.3 Å². The average Bonchev–Trinajstić information content (AvgIpc) is 2.70. The van der Waals surface area contributed by atoms with E-state index in [1.165, 1.54) is 27.6 Å². The van der Waals surface area contributed by atoms with Crippen LogP contribution in [0.15, 0.2) is 48.5 Å². The Morgan fingerprint density at radius 1 is 1.03 bits per heavy atom. The highest BCUT2D eigenvalue weighted by Crippen LogP contribution is 2.28. The van der Waals surface area contributed by atoms with Crippen LogP contribution in [-0.2, 0) is 6.54 Å². The molecule has 0 bridgehead atoms. The molecule has 2 aromatic carbocycles. The molecule has 1 aromatic heterocycles. The van der Waals surface area contributed by atoms with Crippen molar-refractivity contribution in [3.8, 4) is 11.3 Å². The number of hydrogen-bond donors (Lipinski definition) is 1. The van der Waals surface area contributed by atoms with E-state index in [-0.39, 0.29) is 6.61 Å². The smallest absolute Gasteiger partial charge is 0.0754 e. The van der Waals surface area contributed by atoms with Gasteiger partial charge in [0.25, 0.3) is 0 Å². The number of piperazine rings is 1. The zero-order chi connectivity index (χ0) is 20.4. The highest BCUT2D eigenvalue weighted by molar-refractivity contribution is 5.84. The first kappa shape index (κ1) is 20.0. The highest BCUT2D eigenvalue weighted by Gasteiger charge is 2.24. The summed E-state index contributed by atoms with van der Waals surface area (Å²) in [4.78, 5) is 9.99. The molecular formula is C25H31N3O. The van der Waals surface area contributed by atoms with Gasteiger partial charge in [-0.1, -0.05) is 35.9 Å². The Labute approximate surface area is 173 Å². The Morgan fingerprint density at radius 3 is 2.66 bits per heavy atom. The summed E-state index contributed by atoms with van der Waals surface area (Å²) in [6, 6.07) is 17.9. The standard InChI is InChI=1S/C25H31N3O/c1-18-5-4-6-21(13-18)25-22(15-20-8-7-19(2)14-24(20)26-25)16-28-11-10-27(3)23(17-28)9-12-29/h4-8,13-15,23,29H,9-12,16-17H2,1-3H3/t23-/m0/s1. The molecule has 1 N–H and O–H groups in total. The maximum Gasteiger partial charge on any atom is 0.0754 e. The first-order chi connectivity index (χ1) is 14.0. The van der Waals surface area contributed by atoms with Gasteiger partial charge in [-0.15, -0.1) is 0 Å². The normalized spacial score (nSPS) is 18.4. The van der Waals surface area contributed by atoms with Crippen molar-refractivity contribution in [1.29, 1.82) is 0 Å². The molecule has 1 aliphatic heterocycles. The van der Waals surface area contributed by atoms with E-state index >= 15 is 0 Å². The van der Waals surface area contributed by atoms with Crippen molar-refractivity contribution in [2.24, 2.45) is 0 Å². The van der Waals surface area contributed by atoms with Crippen molar-refractivity contribution in [2.45, 2.75) is 32.9 Å². The van der Waals surface area contributed by atoms with Gasteiger partial charge in [-0.05, 0) is 56.6 Å². The minimum Gasteiger partial charge on any atom is -0.396 e. The zero-order valence-electron chi connectivity index (χ0n) is 17.7. The molecule has 4 nitrogen and oxygen atoms in total. The van der Waals surface area contributed by atoms with Gasteiger partial charge < -0.3 is 10.0 Å². The molecule has 0 saturated carbocycles. The van der Waals surface area contributed by atoms with Crippen molar-refractivity contribution < 1.29 is 5.11 Å². The molecule has 152 valence electrons. The molecule has 0 radical (unpaired) electrons. The number of aliphatic hydroxyl groups excluding tert-OH is 1. The van der Waals surface area contributed by atoms with E-state index < -0.39 is 0 Å². The van der Waals surface area contributed by atoms with Gasteiger partial charge in [0.2, 0.25) is 0 Å². The summed E-state index contributed by atoms with van der Waals surface area (Å²) < 4.78 is 0. The minimum absolute atomic E-state index is 0.244. The van der Waals surface area contributed by atoms with Crippen LogP contribution in [0.25, 0.3) is 22.2 Å². The third-order valence-electron chi connectivity index (χ3n) is 6.06. The molecule has 0 spiro atoms. The summed E-state index contributed by atoms with van der Waals surface area (Å²) >= 11 is 0. The van der Waals surface area contributed by atoms with Crippen LogP contribution >= 0.6 is 0 Å². The Balaban J connectivity index is 1.72. The molecule has 0 aliphatic carbocycles. The van der Waals surface area contributed by atoms with Gasteiger partial charge >= 0.3 is 0 Å². The molecule has 1 aliphatic rings. The van der Waals surface area contributed by atoms with Crippen LogP contribution in [0.5, 0.6) is 0 Å². The number of nitrogens with zero attached hydrogens (tertiary/aromatic N) is 3. The average molecular weight is 390 g/mol. The van der Waals surface area contributed by atoms with Crippen LogP contribution in [0.1, 0.15) is 23.1 Å². The lowest BCUT2D eigenvalue weighted by molar-refractivity contribution is 0.0744. The number of likely N-dealkylation sites (N-methyl/N-ethyl adjacent to an activating group) is 1. The van der Waals surface area contributed by atoms with E-state index in [2.05, 4.69) is 79.2 Å². The van der Waals surface area contributed by atoms with Crippen LogP contribution in [0, 0.1) is 13.8 Å². The summed E-state index contributed by atoms with van der Waals surface area (Å²) in [5, 5.41) is 10.6. The van der Waals surface area contributed by atoms with Crippen molar-refractivity contribution in [3.63, 3.8) is 0 Å². The van der Waals surface area contributed by atoms with Crippen molar-refractivity contribution >= 4 is 10.9 Å². The van der Waals surface area contributed by atoms with E-state index in [0.29, 0.717) is 6.04 Å². The van der Waals surface area contributed by atoms with Gasteiger partial charge in [0.1, 0.15) is 0 Å². The maximum atomic E-state index is 9.42. The summed E-state index contributed by atoms with van der Waals surface area (Å²) in [5.74, 6) is 0. The molecule has 3 aromatic rings. The van der Waals surface area contributed by atoms with Gasteiger partial charge in [0.15, 0.2) is 0 Å². The number of hydrogen-bond acceptors (Lipinski definition) is 4. The lowest BCUT2D eigenvalue weighted by Crippen LogP contribution is -2.51. The van der Waals surface area contributed by atoms with Gasteiger partial charge in [-0.25, -0.2) is 4.98 Å². The van der Waals surface area contributed by atoms with E-state index in [1.807, 2.05) is 0 Å². The largest absolute Gasteiger partial charge is 0.396 e. The second-order valence-corrected chi connectivity index (χ2v) is 8.44. The Bertz CT molecular complexity index is 1000. The van der Waals surface area contributed by atoms with E-state index in [1.54, 1.807) is 0 Å². The SMILES string of the molecule is Cc1cccc(-c2nc3cc(C)ccc3cc2CN2CCN(C)[C@@H](CCO)C2)c1. The number of rotatable bonds is 5. The quantitative estimate of drug-likeness (QED) is 0.716. The molecule has 1 saturated heterocycles. The number of aryl methyl sites for hydroxylation is 2. The monoisotopic (exact) mass is 389 g/mol. The predicted molar refractivity (Wildman–Crippen MR) is 120 cm³/mol. The van der Waals surface area contributed by atoms with E-state index in [4.69, 9.17) is 4.98 Å². The molecule has 0 amide bonds. The van der Waals surface area contributed by atoms with Gasteiger partial charge in [0.05, 0.1) is 11.2 Å². The third kappa shape index (κ3) is 4.50. The fourth-order valence-corrected chi connectivity index (χ4v) is 4.34. The summed E-state index contributed by atoms with van der Waals surface area (Å²) in [7, 11) is 2.16. The highest BCUT2D eigenvalue weighted by atomic mass is 16.3. The Morgan fingerprint density at radius 2 is 1.86 bits per heavy atom. The molecule has 4 heteroatoms. The van der Waals surface area contributed by atoms with Gasteiger partial charge in [-0.2, -0.15) is 0 Å². The van der Waals surface area contributed by atoms with Crippen molar-refractivity contribution in [3.05, 3.63) is 65.2 Å². The maximum absolute atomic E-state index is 9.42. The lowest BCUT2D eigenvalue weighted by atomic mass is 10.00. The Hall–Kier alpha value is -2.27. The molecule has 29 heavy (non-hydrogen) atoms. The van der Waals surface area contributed by atoms with E-state index in [0.717, 1.165) is 43.8 Å². The zero-order valence-corrected chi connectivity index (χ0v) is 17.7. The van der Waals surface area contributed by atoms with Crippen LogP contribution < -0.4 is 0 Å². The summed E-state index contributed by atoms with van der Waals surface area (Å²) in [5.41, 5.74) is 7.09. The van der Waals surface area contributed by atoms with Gasteiger partial charge in [-0.3, -0.25) is 4.90 Å².